The summed E-state index contributed by atoms with van der Waals surface area (Å²) in [6.07, 6.45) is 12.6. The van der Waals surface area contributed by atoms with Crippen LogP contribution in [0, 0.1) is 0 Å². The van der Waals surface area contributed by atoms with Crippen molar-refractivity contribution in [3.05, 3.63) is 48.5 Å². The number of nitrogens with zero attached hydrogens (tertiary/aromatic N) is 2. The van der Waals surface area contributed by atoms with Gasteiger partial charge in [0.2, 0.25) is 0 Å². The maximum absolute atomic E-state index is 4.07. The molecule has 1 saturated carbocycles. The van der Waals surface area contributed by atoms with Crippen molar-refractivity contribution in [3.63, 3.8) is 0 Å². The SMILES string of the molecule is c1cn(-c2ccc(C3CCCCC3)cc2)cn1. The Balaban J connectivity index is 1.80. The molecule has 1 aromatic carbocycles. The van der Waals surface area contributed by atoms with Gasteiger partial charge in [0.05, 0.1) is 6.33 Å². The van der Waals surface area contributed by atoms with Crippen molar-refractivity contribution in [1.29, 1.82) is 0 Å². The van der Waals surface area contributed by atoms with Crippen molar-refractivity contribution in [2.45, 2.75) is 38.0 Å². The first kappa shape index (κ1) is 10.6. The van der Waals surface area contributed by atoms with E-state index in [9.17, 15) is 0 Å². The van der Waals surface area contributed by atoms with Gasteiger partial charge in [-0.1, -0.05) is 31.4 Å². The van der Waals surface area contributed by atoms with E-state index in [1.807, 2.05) is 23.3 Å². The molecule has 0 aliphatic heterocycles. The maximum Gasteiger partial charge on any atom is 0.0991 e. The van der Waals surface area contributed by atoms with E-state index in [4.69, 9.17) is 0 Å². The van der Waals surface area contributed by atoms with Crippen molar-refractivity contribution in [3.8, 4) is 5.69 Å². The highest BCUT2D eigenvalue weighted by Gasteiger charge is 2.14. The fourth-order valence-electron chi connectivity index (χ4n) is 2.77. The predicted octanol–water partition coefficient (Wildman–Crippen LogP) is 3.92. The molecule has 0 unspecified atom stereocenters. The van der Waals surface area contributed by atoms with Crippen molar-refractivity contribution < 1.29 is 0 Å². The number of imidazole rings is 1. The molecule has 1 aliphatic rings. The highest BCUT2D eigenvalue weighted by molar-refractivity contribution is 5.35. The molecule has 0 atom stereocenters. The van der Waals surface area contributed by atoms with Gasteiger partial charge in [0.15, 0.2) is 0 Å². The molecule has 0 radical (unpaired) electrons. The summed E-state index contributed by atoms with van der Waals surface area (Å²) in [5.41, 5.74) is 2.70. The fraction of sp³-hybridized carbons (Fsp3) is 0.400. The minimum absolute atomic E-state index is 0.792. The molecule has 2 heteroatoms. The summed E-state index contributed by atoms with van der Waals surface area (Å²) >= 11 is 0. The molecule has 0 saturated heterocycles. The summed E-state index contributed by atoms with van der Waals surface area (Å²) in [7, 11) is 0. The van der Waals surface area contributed by atoms with E-state index < -0.39 is 0 Å². The second kappa shape index (κ2) is 4.74. The van der Waals surface area contributed by atoms with Crippen LogP contribution in [0.1, 0.15) is 43.6 Å². The van der Waals surface area contributed by atoms with Gasteiger partial charge in [-0.3, -0.25) is 0 Å². The van der Waals surface area contributed by atoms with Crippen LogP contribution >= 0.6 is 0 Å². The highest BCUT2D eigenvalue weighted by Crippen LogP contribution is 2.32. The third-order valence-corrected chi connectivity index (χ3v) is 3.77. The second-order valence-corrected chi connectivity index (χ2v) is 4.90. The molecule has 1 heterocycles. The molecule has 17 heavy (non-hydrogen) atoms. The molecule has 2 nitrogen and oxygen atoms in total. The van der Waals surface area contributed by atoms with E-state index in [-0.39, 0.29) is 0 Å². The topological polar surface area (TPSA) is 17.8 Å². The molecule has 0 amide bonds. The van der Waals surface area contributed by atoms with Gasteiger partial charge in [-0.05, 0) is 36.5 Å². The Morgan fingerprint density at radius 2 is 1.76 bits per heavy atom. The third-order valence-electron chi connectivity index (χ3n) is 3.77. The lowest BCUT2D eigenvalue weighted by atomic mass is 9.84. The van der Waals surface area contributed by atoms with Gasteiger partial charge in [0.25, 0.3) is 0 Å². The summed E-state index contributed by atoms with van der Waals surface area (Å²) < 4.78 is 2.05. The van der Waals surface area contributed by atoms with E-state index in [1.165, 1.54) is 43.4 Å². The summed E-state index contributed by atoms with van der Waals surface area (Å²) in [6.45, 7) is 0. The fourth-order valence-corrected chi connectivity index (χ4v) is 2.77. The van der Waals surface area contributed by atoms with Gasteiger partial charge in [-0.2, -0.15) is 0 Å². The Bertz CT molecular complexity index is 450. The van der Waals surface area contributed by atoms with Gasteiger partial charge < -0.3 is 4.57 Å². The minimum atomic E-state index is 0.792. The second-order valence-electron chi connectivity index (χ2n) is 4.90. The van der Waals surface area contributed by atoms with E-state index in [0.29, 0.717) is 0 Å². The lowest BCUT2D eigenvalue weighted by Crippen LogP contribution is -2.04. The van der Waals surface area contributed by atoms with Crippen LogP contribution < -0.4 is 0 Å². The van der Waals surface area contributed by atoms with Crippen LogP contribution in [0.15, 0.2) is 43.0 Å². The van der Waals surface area contributed by atoms with Gasteiger partial charge >= 0.3 is 0 Å². The Morgan fingerprint density at radius 1 is 1.00 bits per heavy atom. The van der Waals surface area contributed by atoms with E-state index in [2.05, 4.69) is 29.2 Å². The normalized spacial score (nSPS) is 17.2. The van der Waals surface area contributed by atoms with Gasteiger partial charge in [-0.25, -0.2) is 4.98 Å². The average Bonchev–Trinajstić information content (AvgIpc) is 2.94. The zero-order chi connectivity index (χ0) is 11.5. The molecular weight excluding hydrogens is 208 g/mol. The lowest BCUT2D eigenvalue weighted by molar-refractivity contribution is 0.443. The summed E-state index contributed by atoms with van der Waals surface area (Å²) in [5, 5.41) is 0. The zero-order valence-corrected chi connectivity index (χ0v) is 10.0. The zero-order valence-electron chi connectivity index (χ0n) is 10.0. The standard InChI is InChI=1S/C15H18N2/c1-2-4-13(5-3-1)14-6-8-15(9-7-14)17-11-10-16-12-17/h6-13H,1-5H2. The lowest BCUT2D eigenvalue weighted by Gasteiger charge is -2.22. The van der Waals surface area contributed by atoms with Crippen LogP contribution in [-0.4, -0.2) is 9.55 Å². The first-order valence-corrected chi connectivity index (χ1v) is 6.52. The van der Waals surface area contributed by atoms with Crippen LogP contribution in [0.2, 0.25) is 0 Å². The number of hydrogen-bond acceptors (Lipinski definition) is 1. The monoisotopic (exact) mass is 226 g/mol. The molecule has 3 rings (SSSR count). The third kappa shape index (κ3) is 2.26. The molecular formula is C15H18N2. The largest absolute Gasteiger partial charge is 0.306 e. The number of rotatable bonds is 2. The van der Waals surface area contributed by atoms with Gasteiger partial charge in [0, 0.05) is 18.1 Å². The summed E-state index contributed by atoms with van der Waals surface area (Å²) in [5.74, 6) is 0.792. The molecule has 1 aliphatic carbocycles. The Morgan fingerprint density at radius 3 is 2.41 bits per heavy atom. The van der Waals surface area contributed by atoms with Crippen molar-refractivity contribution in [1.82, 2.24) is 9.55 Å². The van der Waals surface area contributed by atoms with Gasteiger partial charge in [0.1, 0.15) is 0 Å². The first-order valence-electron chi connectivity index (χ1n) is 6.52. The number of benzene rings is 1. The molecule has 0 spiro atoms. The van der Waals surface area contributed by atoms with Crippen LogP contribution in [0.4, 0.5) is 0 Å². The predicted molar refractivity (Wildman–Crippen MR) is 69.4 cm³/mol. The smallest absolute Gasteiger partial charge is 0.0991 e. The Kier molecular flexibility index (Phi) is 2.95. The molecule has 1 fully saturated rings. The number of hydrogen-bond donors (Lipinski definition) is 0. The summed E-state index contributed by atoms with van der Waals surface area (Å²) in [4.78, 5) is 4.07. The molecule has 0 N–H and O–H groups in total. The summed E-state index contributed by atoms with van der Waals surface area (Å²) in [6, 6.07) is 8.97. The van der Waals surface area contributed by atoms with Crippen molar-refractivity contribution in [2.75, 3.05) is 0 Å². The van der Waals surface area contributed by atoms with Crippen LogP contribution in [-0.2, 0) is 0 Å². The Labute approximate surface area is 102 Å². The van der Waals surface area contributed by atoms with Crippen LogP contribution in [0.3, 0.4) is 0 Å². The highest BCUT2D eigenvalue weighted by atomic mass is 15.0. The molecule has 2 aromatic rings. The van der Waals surface area contributed by atoms with E-state index in [1.54, 1.807) is 0 Å². The van der Waals surface area contributed by atoms with E-state index in [0.717, 1.165) is 5.92 Å². The van der Waals surface area contributed by atoms with Crippen LogP contribution in [0.5, 0.6) is 0 Å². The first-order chi connectivity index (χ1) is 8.43. The van der Waals surface area contributed by atoms with Crippen molar-refractivity contribution >= 4 is 0 Å². The van der Waals surface area contributed by atoms with E-state index >= 15 is 0 Å². The molecule has 1 aromatic heterocycles. The average molecular weight is 226 g/mol. The number of aromatic nitrogens is 2. The molecule has 88 valence electrons. The maximum atomic E-state index is 4.07. The van der Waals surface area contributed by atoms with Gasteiger partial charge in [-0.15, -0.1) is 0 Å². The molecule has 0 bridgehead atoms. The Hall–Kier alpha value is -1.57. The van der Waals surface area contributed by atoms with Crippen LogP contribution in [0.25, 0.3) is 5.69 Å². The minimum Gasteiger partial charge on any atom is -0.306 e. The quantitative estimate of drug-likeness (QED) is 0.759. The van der Waals surface area contributed by atoms with Crippen molar-refractivity contribution in [2.24, 2.45) is 0 Å².